The zero-order chi connectivity index (χ0) is 29.9. The minimum Gasteiger partial charge on any atom is -0.508 e. The SMILES string of the molecule is CC(C)[C@@H]1C(=O)C(C(N)=O)=C(O)[C@@]2(O)C(=O)C3=C(O)c4c(O)ccc(CNC(=O)CCC(C)(C)C)c4C[C@H]3C[C@@H]12. The quantitative estimate of drug-likeness (QED) is 0.290. The Bertz CT molecular complexity index is 1370. The fourth-order valence-corrected chi connectivity index (χ4v) is 6.49. The van der Waals surface area contributed by atoms with Crippen molar-refractivity contribution in [2.24, 2.45) is 34.8 Å². The normalized spacial score (nSPS) is 26.4. The van der Waals surface area contributed by atoms with E-state index < -0.39 is 63.8 Å². The van der Waals surface area contributed by atoms with Gasteiger partial charge in [-0.25, -0.2) is 0 Å². The maximum atomic E-state index is 13.9. The van der Waals surface area contributed by atoms with Crippen LogP contribution in [0.3, 0.4) is 0 Å². The van der Waals surface area contributed by atoms with Crippen LogP contribution in [0.5, 0.6) is 5.75 Å². The number of nitrogens with two attached hydrogens (primary N) is 1. The number of amides is 2. The number of benzene rings is 1. The number of phenolic OH excluding ortho intramolecular Hbond substituents is 1. The first kappa shape index (κ1) is 29.3. The smallest absolute Gasteiger partial charge is 0.255 e. The van der Waals surface area contributed by atoms with Gasteiger partial charge >= 0.3 is 0 Å². The molecule has 4 rings (SSSR count). The van der Waals surface area contributed by atoms with Crippen molar-refractivity contribution in [3.05, 3.63) is 45.7 Å². The molecule has 0 radical (unpaired) electrons. The van der Waals surface area contributed by atoms with Gasteiger partial charge in [0, 0.05) is 30.4 Å². The van der Waals surface area contributed by atoms with E-state index in [-0.39, 0.29) is 47.6 Å². The number of hydrogen-bond acceptors (Lipinski definition) is 8. The van der Waals surface area contributed by atoms with Crippen LogP contribution >= 0.6 is 0 Å². The number of ketones is 2. The van der Waals surface area contributed by atoms with Gasteiger partial charge in [0.1, 0.15) is 22.8 Å². The van der Waals surface area contributed by atoms with Crippen LogP contribution in [0.25, 0.3) is 5.76 Å². The van der Waals surface area contributed by atoms with Crippen LogP contribution < -0.4 is 11.1 Å². The number of aliphatic hydroxyl groups is 3. The molecular formula is C30H38N2O8. The van der Waals surface area contributed by atoms with Crippen molar-refractivity contribution in [1.82, 2.24) is 5.32 Å². The second-order valence-corrected chi connectivity index (χ2v) is 12.8. The van der Waals surface area contributed by atoms with Crippen molar-refractivity contribution < 1.29 is 39.6 Å². The number of rotatable bonds is 6. The van der Waals surface area contributed by atoms with Crippen LogP contribution in [0.2, 0.25) is 0 Å². The molecule has 40 heavy (non-hydrogen) atoms. The molecule has 0 bridgehead atoms. The second-order valence-electron chi connectivity index (χ2n) is 12.8. The van der Waals surface area contributed by atoms with Gasteiger partial charge in [-0.3, -0.25) is 19.2 Å². The van der Waals surface area contributed by atoms with E-state index in [2.05, 4.69) is 5.32 Å². The van der Waals surface area contributed by atoms with E-state index in [1.54, 1.807) is 19.9 Å². The minimum absolute atomic E-state index is 0.00630. The number of aliphatic hydroxyl groups excluding tert-OH is 2. The Morgan fingerprint density at radius 3 is 2.38 bits per heavy atom. The van der Waals surface area contributed by atoms with Crippen LogP contribution in [0, 0.1) is 29.1 Å². The third kappa shape index (κ3) is 4.68. The molecule has 1 aromatic rings. The number of carbonyl (C=O) groups excluding carboxylic acids is 4. The van der Waals surface area contributed by atoms with Crippen LogP contribution in [0.1, 0.15) is 70.6 Å². The molecule has 10 heteroatoms. The summed E-state index contributed by atoms with van der Waals surface area (Å²) in [6.45, 7) is 9.70. The highest BCUT2D eigenvalue weighted by molar-refractivity contribution is 6.23. The topological polar surface area (TPSA) is 187 Å². The van der Waals surface area contributed by atoms with Gasteiger partial charge in [0.2, 0.25) is 11.7 Å². The summed E-state index contributed by atoms with van der Waals surface area (Å²) in [6.07, 6.45) is 1.26. The fraction of sp³-hybridized carbons (Fsp3) is 0.533. The van der Waals surface area contributed by atoms with Crippen molar-refractivity contribution in [2.45, 2.75) is 72.4 Å². The molecule has 0 saturated heterocycles. The summed E-state index contributed by atoms with van der Waals surface area (Å²) in [4.78, 5) is 51.7. The van der Waals surface area contributed by atoms with Crippen molar-refractivity contribution in [1.29, 1.82) is 0 Å². The molecule has 2 amide bonds. The summed E-state index contributed by atoms with van der Waals surface area (Å²) < 4.78 is 0. The van der Waals surface area contributed by atoms with Gasteiger partial charge in [-0.15, -0.1) is 0 Å². The number of aromatic hydroxyl groups is 1. The molecule has 0 unspecified atom stereocenters. The molecule has 3 aliphatic carbocycles. The van der Waals surface area contributed by atoms with Gasteiger partial charge in [-0.1, -0.05) is 40.7 Å². The van der Waals surface area contributed by atoms with Crippen LogP contribution in [-0.4, -0.2) is 49.4 Å². The Morgan fingerprint density at radius 2 is 1.80 bits per heavy atom. The Labute approximate surface area is 233 Å². The first-order valence-corrected chi connectivity index (χ1v) is 13.6. The largest absolute Gasteiger partial charge is 0.508 e. The highest BCUT2D eigenvalue weighted by atomic mass is 16.3. The molecule has 7 N–H and O–H groups in total. The van der Waals surface area contributed by atoms with Gasteiger partial charge in [0.15, 0.2) is 11.4 Å². The minimum atomic E-state index is -2.64. The Morgan fingerprint density at radius 1 is 1.15 bits per heavy atom. The first-order valence-electron chi connectivity index (χ1n) is 13.6. The van der Waals surface area contributed by atoms with Gasteiger partial charge in [-0.05, 0) is 53.7 Å². The van der Waals surface area contributed by atoms with Crippen molar-refractivity contribution in [3.63, 3.8) is 0 Å². The van der Waals surface area contributed by atoms with E-state index in [4.69, 9.17) is 5.73 Å². The highest BCUT2D eigenvalue weighted by Gasteiger charge is 2.64. The summed E-state index contributed by atoms with van der Waals surface area (Å²) in [5, 5.41) is 47.5. The molecule has 0 aliphatic heterocycles. The second kappa shape index (κ2) is 10.1. The van der Waals surface area contributed by atoms with Gasteiger partial charge < -0.3 is 31.5 Å². The lowest BCUT2D eigenvalue weighted by Crippen LogP contribution is -2.62. The van der Waals surface area contributed by atoms with Crippen molar-refractivity contribution in [3.8, 4) is 5.75 Å². The van der Waals surface area contributed by atoms with Crippen molar-refractivity contribution in [2.75, 3.05) is 0 Å². The maximum absolute atomic E-state index is 13.9. The van der Waals surface area contributed by atoms with E-state index in [9.17, 15) is 39.6 Å². The molecule has 216 valence electrons. The van der Waals surface area contributed by atoms with Gasteiger partial charge in [-0.2, -0.15) is 0 Å². The lowest BCUT2D eigenvalue weighted by molar-refractivity contribution is -0.155. The van der Waals surface area contributed by atoms with Crippen LogP contribution in [0.15, 0.2) is 29.0 Å². The van der Waals surface area contributed by atoms with E-state index in [1.165, 1.54) is 6.07 Å². The molecule has 0 spiro atoms. The predicted octanol–water partition coefficient (Wildman–Crippen LogP) is 2.75. The molecule has 3 aliphatic rings. The van der Waals surface area contributed by atoms with Gasteiger partial charge in [0.25, 0.3) is 5.91 Å². The molecule has 10 nitrogen and oxygen atoms in total. The summed E-state index contributed by atoms with van der Waals surface area (Å²) in [5.41, 5.74) is 2.91. The Balaban J connectivity index is 1.77. The lowest BCUT2D eigenvalue weighted by atomic mass is 9.54. The summed E-state index contributed by atoms with van der Waals surface area (Å²) in [6, 6.07) is 3.00. The number of Topliss-reactive ketones (excluding diaryl/α,β-unsaturated/α-hetero) is 2. The molecular weight excluding hydrogens is 516 g/mol. The molecule has 1 saturated carbocycles. The molecule has 1 fully saturated rings. The number of fused-ring (bicyclic) bond motifs is 3. The number of hydrogen-bond donors (Lipinski definition) is 6. The average Bonchev–Trinajstić information content (AvgIpc) is 2.83. The van der Waals surface area contributed by atoms with Gasteiger partial charge in [0.05, 0.1) is 5.56 Å². The third-order valence-electron chi connectivity index (χ3n) is 8.53. The fourth-order valence-electron chi connectivity index (χ4n) is 6.49. The first-order chi connectivity index (χ1) is 18.5. The molecule has 0 heterocycles. The lowest BCUT2D eigenvalue weighted by Gasteiger charge is -2.50. The highest BCUT2D eigenvalue weighted by Crippen LogP contribution is 2.54. The monoisotopic (exact) mass is 554 g/mol. The summed E-state index contributed by atoms with van der Waals surface area (Å²) in [5.74, 6) is -8.22. The molecule has 1 aromatic carbocycles. The van der Waals surface area contributed by atoms with Crippen LogP contribution in [0.4, 0.5) is 0 Å². The van der Waals surface area contributed by atoms with E-state index in [1.807, 2.05) is 20.8 Å². The maximum Gasteiger partial charge on any atom is 0.255 e. The third-order valence-corrected chi connectivity index (χ3v) is 8.53. The number of primary amides is 1. The average molecular weight is 555 g/mol. The van der Waals surface area contributed by atoms with E-state index in [0.29, 0.717) is 24.0 Å². The van der Waals surface area contributed by atoms with Crippen LogP contribution in [-0.2, 0) is 32.1 Å². The number of phenols is 1. The standard InChI is InChI=1S/C30H38N2O8/c1-13(2)20-17-11-15-10-16-14(12-32-19(34)8-9-29(3,4)5)6-7-18(33)22(16)25(36)21(15)26(37)30(17,40)27(38)23(24(20)35)28(31)39/h6-7,13,15,17,20,33,36,38,40H,8-12H2,1-5H3,(H2,31,39)(H,32,34)/t15-,17-,20-,30-/m0/s1. The zero-order valence-electron chi connectivity index (χ0n) is 23.5. The van der Waals surface area contributed by atoms with E-state index >= 15 is 0 Å². The summed E-state index contributed by atoms with van der Waals surface area (Å²) in [7, 11) is 0. The Hall–Kier alpha value is -3.66. The van der Waals surface area contributed by atoms with E-state index in [0.717, 1.165) is 0 Å². The summed E-state index contributed by atoms with van der Waals surface area (Å²) >= 11 is 0. The van der Waals surface area contributed by atoms with Crippen molar-refractivity contribution >= 4 is 29.1 Å². The molecule has 0 aromatic heterocycles. The zero-order valence-corrected chi connectivity index (χ0v) is 23.5. The predicted molar refractivity (Wildman–Crippen MR) is 146 cm³/mol. The number of nitrogens with one attached hydrogen (secondary N) is 1. The number of carbonyl (C=O) groups is 4. The molecule has 4 atom stereocenters. The Kier molecular flexibility index (Phi) is 7.38.